The average Bonchev–Trinajstić information content (AvgIpc) is 2.51. The first-order valence-corrected chi connectivity index (χ1v) is 7.60. The van der Waals surface area contributed by atoms with Gasteiger partial charge in [0.25, 0.3) is 0 Å². The predicted octanol–water partition coefficient (Wildman–Crippen LogP) is 1.59. The molecule has 24 heavy (non-hydrogen) atoms. The van der Waals surface area contributed by atoms with Crippen LogP contribution in [0.15, 0.2) is 29.5 Å². The fourth-order valence-corrected chi connectivity index (χ4v) is 2.38. The number of carbonyl (C=O) groups is 3. The van der Waals surface area contributed by atoms with E-state index < -0.39 is 18.0 Å². The van der Waals surface area contributed by atoms with Crippen molar-refractivity contribution in [2.24, 2.45) is 0 Å². The maximum Gasteiger partial charge on any atom is 0.338 e. The van der Waals surface area contributed by atoms with Crippen LogP contribution in [0.3, 0.4) is 0 Å². The molecule has 0 atom stereocenters. The van der Waals surface area contributed by atoms with Crippen molar-refractivity contribution in [1.82, 2.24) is 10.6 Å². The molecule has 0 saturated carbocycles. The molecule has 0 fully saturated rings. The van der Waals surface area contributed by atoms with E-state index in [0.717, 1.165) is 11.1 Å². The van der Waals surface area contributed by atoms with Gasteiger partial charge in [0.2, 0.25) is 0 Å². The van der Waals surface area contributed by atoms with Crippen LogP contribution in [0.1, 0.15) is 28.4 Å². The van der Waals surface area contributed by atoms with Crippen molar-refractivity contribution < 1.29 is 23.9 Å². The lowest BCUT2D eigenvalue weighted by atomic mass is 10.1. The Morgan fingerprint density at radius 1 is 1.08 bits per heavy atom. The molecule has 2 N–H and O–H groups in total. The first-order valence-electron chi connectivity index (χ1n) is 7.60. The molecule has 1 heterocycles. The number of benzene rings is 1. The molecular weight excluding hydrogens is 312 g/mol. The minimum absolute atomic E-state index is 0.0289. The van der Waals surface area contributed by atoms with Crippen LogP contribution in [-0.4, -0.2) is 37.7 Å². The average molecular weight is 332 g/mol. The van der Waals surface area contributed by atoms with Crippen molar-refractivity contribution in [3.63, 3.8) is 0 Å². The molecule has 0 unspecified atom stereocenters. The van der Waals surface area contributed by atoms with Gasteiger partial charge in [0, 0.05) is 0 Å². The summed E-state index contributed by atoms with van der Waals surface area (Å²) < 4.78 is 10.2. The fourth-order valence-electron chi connectivity index (χ4n) is 2.38. The second-order valence-corrected chi connectivity index (χ2v) is 5.44. The zero-order chi connectivity index (χ0) is 17.7. The van der Waals surface area contributed by atoms with E-state index in [9.17, 15) is 14.4 Å². The van der Waals surface area contributed by atoms with E-state index in [4.69, 9.17) is 9.47 Å². The lowest BCUT2D eigenvalue weighted by Gasteiger charge is -2.21. The summed E-state index contributed by atoms with van der Waals surface area (Å²) in [5.74, 6) is -1.08. The van der Waals surface area contributed by atoms with Gasteiger partial charge in [-0.15, -0.1) is 0 Å². The summed E-state index contributed by atoms with van der Waals surface area (Å²) in [6, 6.07) is 4.93. The molecule has 0 aliphatic carbocycles. The first-order chi connectivity index (χ1) is 11.4. The van der Waals surface area contributed by atoms with Crippen LogP contribution in [0.25, 0.3) is 0 Å². The van der Waals surface area contributed by atoms with Crippen molar-refractivity contribution in [2.75, 3.05) is 19.8 Å². The Labute approximate surface area is 140 Å². The van der Waals surface area contributed by atoms with Crippen LogP contribution >= 0.6 is 0 Å². The third kappa shape index (κ3) is 4.34. The Balaban J connectivity index is 2.13. The molecule has 0 radical (unpaired) electrons. The lowest BCUT2D eigenvalue weighted by molar-refractivity contribution is -0.138. The predicted molar refractivity (Wildman–Crippen MR) is 86.4 cm³/mol. The molecule has 0 aromatic heterocycles. The topological polar surface area (TPSA) is 93.7 Å². The fraction of sp³-hybridized carbons (Fsp3) is 0.353. The van der Waals surface area contributed by atoms with Gasteiger partial charge in [-0.2, -0.15) is 0 Å². The zero-order valence-corrected chi connectivity index (χ0v) is 13.9. The minimum Gasteiger partial charge on any atom is -0.463 e. The number of hydrogen-bond acceptors (Lipinski definition) is 5. The van der Waals surface area contributed by atoms with Crippen LogP contribution in [0, 0.1) is 13.8 Å². The number of nitrogens with one attached hydrogen (secondary N) is 2. The standard InChI is InChI=1S/C17H20N2O5/c1-4-23-16(21)13-8-18-17(22)19-14(13)9-24-15(20)12-6-10(2)5-11(3)7-12/h5-7H,4,8-9H2,1-3H3,(H2,18,19,22). The molecular formula is C17H20N2O5. The van der Waals surface area contributed by atoms with E-state index in [-0.39, 0.29) is 31.0 Å². The van der Waals surface area contributed by atoms with E-state index >= 15 is 0 Å². The SMILES string of the molecule is CCOC(=O)C1=C(COC(=O)c2cc(C)cc(C)c2)NC(=O)NC1. The molecule has 1 aliphatic heterocycles. The number of urea groups is 1. The molecule has 2 rings (SSSR count). The van der Waals surface area contributed by atoms with E-state index in [2.05, 4.69) is 10.6 Å². The Hall–Kier alpha value is -2.83. The maximum atomic E-state index is 12.2. The number of rotatable bonds is 5. The van der Waals surface area contributed by atoms with Crippen LogP contribution in [0.5, 0.6) is 0 Å². The lowest BCUT2D eigenvalue weighted by Crippen LogP contribution is -2.45. The second-order valence-electron chi connectivity index (χ2n) is 5.44. The molecule has 7 heteroatoms. The highest BCUT2D eigenvalue weighted by Crippen LogP contribution is 2.13. The van der Waals surface area contributed by atoms with Gasteiger partial charge in [-0.1, -0.05) is 17.2 Å². The van der Waals surface area contributed by atoms with E-state index in [1.165, 1.54) is 0 Å². The maximum absolute atomic E-state index is 12.2. The smallest absolute Gasteiger partial charge is 0.338 e. The van der Waals surface area contributed by atoms with E-state index in [0.29, 0.717) is 5.56 Å². The number of ether oxygens (including phenoxy) is 2. The number of hydrogen-bond donors (Lipinski definition) is 2. The van der Waals surface area contributed by atoms with Crippen LogP contribution in [0.2, 0.25) is 0 Å². The van der Waals surface area contributed by atoms with Gasteiger partial charge in [0.1, 0.15) is 6.61 Å². The third-order valence-electron chi connectivity index (χ3n) is 3.38. The molecule has 7 nitrogen and oxygen atoms in total. The minimum atomic E-state index is -0.553. The highest BCUT2D eigenvalue weighted by Gasteiger charge is 2.24. The van der Waals surface area contributed by atoms with Crippen molar-refractivity contribution in [3.05, 3.63) is 46.2 Å². The number of amides is 2. The Morgan fingerprint density at radius 3 is 2.38 bits per heavy atom. The van der Waals surface area contributed by atoms with E-state index in [1.807, 2.05) is 19.9 Å². The quantitative estimate of drug-likeness (QED) is 0.799. The molecule has 0 spiro atoms. The summed E-state index contributed by atoms with van der Waals surface area (Å²) >= 11 is 0. The molecule has 128 valence electrons. The molecule has 1 aliphatic rings. The van der Waals surface area contributed by atoms with Crippen molar-refractivity contribution in [2.45, 2.75) is 20.8 Å². The molecule has 1 aromatic carbocycles. The van der Waals surface area contributed by atoms with Gasteiger partial charge >= 0.3 is 18.0 Å². The van der Waals surface area contributed by atoms with Gasteiger partial charge in [0.05, 0.1) is 30.0 Å². The van der Waals surface area contributed by atoms with E-state index in [1.54, 1.807) is 19.1 Å². The summed E-state index contributed by atoms with van der Waals surface area (Å²) in [5.41, 5.74) is 2.79. The highest BCUT2D eigenvalue weighted by molar-refractivity contribution is 5.94. The van der Waals surface area contributed by atoms with Gasteiger partial charge in [-0.05, 0) is 32.9 Å². The summed E-state index contributed by atoms with van der Waals surface area (Å²) in [4.78, 5) is 35.5. The molecule has 2 amide bonds. The third-order valence-corrected chi connectivity index (χ3v) is 3.38. The van der Waals surface area contributed by atoms with Gasteiger partial charge in [-0.3, -0.25) is 0 Å². The van der Waals surface area contributed by atoms with Crippen LogP contribution in [0.4, 0.5) is 4.79 Å². The number of carbonyl (C=O) groups excluding carboxylic acids is 3. The number of esters is 2. The van der Waals surface area contributed by atoms with Crippen molar-refractivity contribution in [3.8, 4) is 0 Å². The summed E-state index contributed by atoms with van der Waals surface area (Å²) in [7, 11) is 0. The van der Waals surface area contributed by atoms with Crippen LogP contribution < -0.4 is 10.6 Å². The van der Waals surface area contributed by atoms with Gasteiger partial charge < -0.3 is 20.1 Å². The van der Waals surface area contributed by atoms with Gasteiger partial charge in [-0.25, -0.2) is 14.4 Å². The summed E-state index contributed by atoms with van der Waals surface area (Å²) in [6.07, 6.45) is 0. The van der Waals surface area contributed by atoms with Crippen LogP contribution in [-0.2, 0) is 14.3 Å². The van der Waals surface area contributed by atoms with Crippen molar-refractivity contribution >= 4 is 18.0 Å². The summed E-state index contributed by atoms with van der Waals surface area (Å²) in [6.45, 7) is 5.49. The Bertz CT molecular complexity index is 689. The first kappa shape index (κ1) is 17.5. The second kappa shape index (κ2) is 7.63. The normalized spacial score (nSPS) is 13.9. The zero-order valence-electron chi connectivity index (χ0n) is 13.9. The highest BCUT2D eigenvalue weighted by atomic mass is 16.5. The summed E-state index contributed by atoms with van der Waals surface area (Å²) in [5, 5.41) is 4.97. The largest absolute Gasteiger partial charge is 0.463 e. The van der Waals surface area contributed by atoms with Gasteiger partial charge in [0.15, 0.2) is 0 Å². The monoisotopic (exact) mass is 332 g/mol. The van der Waals surface area contributed by atoms with Crippen molar-refractivity contribution in [1.29, 1.82) is 0 Å². The molecule has 0 saturated heterocycles. The Kier molecular flexibility index (Phi) is 5.57. The number of aryl methyl sites for hydroxylation is 2. The molecule has 1 aromatic rings. The Morgan fingerprint density at radius 2 is 1.75 bits per heavy atom. The molecule has 0 bridgehead atoms.